The summed E-state index contributed by atoms with van der Waals surface area (Å²) in [6.07, 6.45) is 2.89. The Balaban J connectivity index is 1.75. The van der Waals surface area contributed by atoms with E-state index in [-0.39, 0.29) is 24.6 Å². The summed E-state index contributed by atoms with van der Waals surface area (Å²) in [5.41, 5.74) is 0.584. The van der Waals surface area contributed by atoms with Crippen molar-refractivity contribution in [3.8, 4) is 5.75 Å². The van der Waals surface area contributed by atoms with E-state index in [0.717, 1.165) is 23.8 Å². The predicted molar refractivity (Wildman–Crippen MR) is 94.6 cm³/mol. The van der Waals surface area contributed by atoms with Crippen molar-refractivity contribution in [2.24, 2.45) is 0 Å². The molecule has 0 spiro atoms. The molecular formula is C19H18F2N2O3. The van der Waals surface area contributed by atoms with Crippen LogP contribution in [0.5, 0.6) is 5.75 Å². The maximum Gasteiger partial charge on any atom is 0.244 e. The summed E-state index contributed by atoms with van der Waals surface area (Å²) >= 11 is 0. The topological polar surface area (TPSA) is 67.4 Å². The number of hydrogen-bond acceptors (Lipinski definition) is 3. The van der Waals surface area contributed by atoms with Crippen molar-refractivity contribution in [3.63, 3.8) is 0 Å². The highest BCUT2D eigenvalue weighted by Crippen LogP contribution is 2.15. The van der Waals surface area contributed by atoms with Gasteiger partial charge in [-0.3, -0.25) is 9.59 Å². The molecule has 0 bridgehead atoms. The van der Waals surface area contributed by atoms with Crippen molar-refractivity contribution in [2.75, 3.05) is 19.0 Å². The molecule has 0 unspecified atom stereocenters. The van der Waals surface area contributed by atoms with Gasteiger partial charge >= 0.3 is 0 Å². The van der Waals surface area contributed by atoms with Crippen LogP contribution in [0, 0.1) is 11.6 Å². The van der Waals surface area contributed by atoms with Crippen LogP contribution in [-0.4, -0.2) is 25.5 Å². The van der Waals surface area contributed by atoms with Crippen LogP contribution in [0.25, 0.3) is 6.08 Å². The molecule has 0 saturated heterocycles. The van der Waals surface area contributed by atoms with Crippen molar-refractivity contribution in [3.05, 3.63) is 65.7 Å². The fourth-order valence-electron chi connectivity index (χ4n) is 2.05. The minimum absolute atomic E-state index is 0.0640. The van der Waals surface area contributed by atoms with Gasteiger partial charge in [0.05, 0.1) is 12.8 Å². The predicted octanol–water partition coefficient (Wildman–Crippen LogP) is 3.13. The van der Waals surface area contributed by atoms with Crippen molar-refractivity contribution in [2.45, 2.75) is 6.42 Å². The Morgan fingerprint density at radius 3 is 2.54 bits per heavy atom. The van der Waals surface area contributed by atoms with Crippen LogP contribution in [0.3, 0.4) is 0 Å². The van der Waals surface area contributed by atoms with Gasteiger partial charge in [0.15, 0.2) is 0 Å². The maximum absolute atomic E-state index is 13.4. The lowest BCUT2D eigenvalue weighted by Crippen LogP contribution is -2.26. The third-order valence-corrected chi connectivity index (χ3v) is 3.40. The zero-order valence-corrected chi connectivity index (χ0v) is 14.1. The summed E-state index contributed by atoms with van der Waals surface area (Å²) in [7, 11) is 1.57. The summed E-state index contributed by atoms with van der Waals surface area (Å²) in [6.45, 7) is 0.0640. The molecule has 2 rings (SSSR count). The number of benzene rings is 2. The van der Waals surface area contributed by atoms with Gasteiger partial charge in [-0.05, 0) is 35.9 Å². The molecule has 2 aromatic carbocycles. The van der Waals surface area contributed by atoms with Gasteiger partial charge in [-0.15, -0.1) is 0 Å². The van der Waals surface area contributed by atoms with Crippen LogP contribution < -0.4 is 15.4 Å². The Hall–Kier alpha value is -3.22. The molecule has 0 aliphatic rings. The van der Waals surface area contributed by atoms with Crippen molar-refractivity contribution in [1.29, 1.82) is 0 Å². The van der Waals surface area contributed by atoms with E-state index >= 15 is 0 Å². The van der Waals surface area contributed by atoms with E-state index < -0.39 is 17.5 Å². The van der Waals surface area contributed by atoms with E-state index in [1.807, 2.05) is 0 Å². The highest BCUT2D eigenvalue weighted by Gasteiger charge is 2.08. The Labute approximate surface area is 149 Å². The lowest BCUT2D eigenvalue weighted by molar-refractivity contribution is -0.117. The third kappa shape index (κ3) is 6.01. The molecule has 0 fully saturated rings. The zero-order valence-electron chi connectivity index (χ0n) is 14.1. The van der Waals surface area contributed by atoms with E-state index in [4.69, 9.17) is 4.74 Å². The number of methoxy groups -OCH3 is 1. The van der Waals surface area contributed by atoms with Crippen LogP contribution in [0.2, 0.25) is 0 Å². The van der Waals surface area contributed by atoms with Crippen molar-refractivity contribution >= 4 is 23.6 Å². The smallest absolute Gasteiger partial charge is 0.244 e. The molecule has 5 nitrogen and oxygen atoms in total. The van der Waals surface area contributed by atoms with Gasteiger partial charge in [0.25, 0.3) is 0 Å². The summed E-state index contributed by atoms with van der Waals surface area (Å²) in [4.78, 5) is 23.4. The van der Waals surface area contributed by atoms with Crippen LogP contribution >= 0.6 is 0 Å². The lowest BCUT2D eigenvalue weighted by Gasteiger charge is -2.07. The van der Waals surface area contributed by atoms with Gasteiger partial charge < -0.3 is 15.4 Å². The van der Waals surface area contributed by atoms with E-state index in [9.17, 15) is 18.4 Å². The second kappa shape index (κ2) is 9.31. The number of amides is 2. The summed E-state index contributed by atoms with van der Waals surface area (Å²) in [6, 6.07) is 9.91. The summed E-state index contributed by atoms with van der Waals surface area (Å²) in [5.74, 6) is -1.57. The van der Waals surface area contributed by atoms with E-state index in [0.29, 0.717) is 5.75 Å². The van der Waals surface area contributed by atoms with Crippen molar-refractivity contribution in [1.82, 2.24) is 5.32 Å². The number of rotatable bonds is 7. The highest BCUT2D eigenvalue weighted by molar-refractivity contribution is 5.93. The van der Waals surface area contributed by atoms with Gasteiger partial charge in [-0.1, -0.05) is 12.1 Å². The van der Waals surface area contributed by atoms with E-state index in [2.05, 4.69) is 10.6 Å². The molecule has 0 heterocycles. The van der Waals surface area contributed by atoms with Crippen LogP contribution in [0.4, 0.5) is 14.5 Å². The normalized spacial score (nSPS) is 10.6. The van der Waals surface area contributed by atoms with Gasteiger partial charge in [0.2, 0.25) is 11.8 Å². The molecule has 2 aromatic rings. The molecule has 2 N–H and O–H groups in total. The first-order valence-corrected chi connectivity index (χ1v) is 7.83. The maximum atomic E-state index is 13.4. The second-order valence-electron chi connectivity index (χ2n) is 5.32. The molecule has 0 radical (unpaired) electrons. The molecule has 2 amide bonds. The fourth-order valence-corrected chi connectivity index (χ4v) is 2.05. The average Bonchev–Trinajstić information content (AvgIpc) is 2.63. The number of hydrogen-bond donors (Lipinski definition) is 2. The Morgan fingerprint density at radius 1 is 1.12 bits per heavy atom. The van der Waals surface area contributed by atoms with Crippen LogP contribution in [0.15, 0.2) is 48.5 Å². The third-order valence-electron chi connectivity index (χ3n) is 3.40. The zero-order chi connectivity index (χ0) is 18.9. The second-order valence-corrected chi connectivity index (χ2v) is 5.32. The first kappa shape index (κ1) is 19.1. The van der Waals surface area contributed by atoms with Gasteiger partial charge in [-0.2, -0.15) is 0 Å². The molecule has 0 aliphatic carbocycles. The molecule has 0 atom stereocenters. The summed E-state index contributed by atoms with van der Waals surface area (Å²) < 4.78 is 31.5. The Morgan fingerprint density at radius 2 is 1.85 bits per heavy atom. The highest BCUT2D eigenvalue weighted by atomic mass is 19.1. The Kier molecular flexibility index (Phi) is 6.84. The number of carbonyl (C=O) groups excluding carboxylic acids is 2. The number of nitrogens with one attached hydrogen (secondary N) is 2. The van der Waals surface area contributed by atoms with Gasteiger partial charge in [0.1, 0.15) is 17.4 Å². The van der Waals surface area contributed by atoms with E-state index in [1.54, 1.807) is 37.5 Å². The lowest BCUT2D eigenvalue weighted by atomic mass is 10.2. The average molecular weight is 360 g/mol. The summed E-state index contributed by atoms with van der Waals surface area (Å²) in [5, 5.41) is 4.80. The molecule has 0 aliphatic heterocycles. The minimum atomic E-state index is -0.730. The molecule has 136 valence electrons. The van der Waals surface area contributed by atoms with Gasteiger partial charge in [0, 0.05) is 25.1 Å². The molecule has 26 heavy (non-hydrogen) atoms. The fraction of sp³-hybridized carbons (Fsp3) is 0.158. The largest absolute Gasteiger partial charge is 0.497 e. The standard InChI is InChI=1S/C19H18F2N2O3/c1-26-15-6-2-13(3-7-15)4-9-18(24)22-11-10-19(25)23-17-12-14(20)5-8-16(17)21/h2-9,12H,10-11H2,1H3,(H,22,24)(H,23,25)/b9-4+. The number of carbonyl (C=O) groups is 2. The van der Waals surface area contributed by atoms with Crippen LogP contribution in [-0.2, 0) is 9.59 Å². The first-order chi connectivity index (χ1) is 12.5. The van der Waals surface area contributed by atoms with Crippen molar-refractivity contribution < 1.29 is 23.1 Å². The molecule has 0 saturated carbocycles. The number of halogens is 2. The minimum Gasteiger partial charge on any atom is -0.497 e. The molecule has 7 heteroatoms. The van der Waals surface area contributed by atoms with Gasteiger partial charge in [-0.25, -0.2) is 8.78 Å². The quantitative estimate of drug-likeness (QED) is 0.746. The Bertz CT molecular complexity index is 805. The SMILES string of the molecule is COc1ccc(/C=C/C(=O)NCCC(=O)Nc2cc(F)ccc2F)cc1. The van der Waals surface area contributed by atoms with Crippen LogP contribution in [0.1, 0.15) is 12.0 Å². The van der Waals surface area contributed by atoms with E-state index in [1.165, 1.54) is 6.08 Å². The molecular weight excluding hydrogens is 342 g/mol. The number of ether oxygens (including phenoxy) is 1. The molecule has 0 aromatic heterocycles. The monoisotopic (exact) mass is 360 g/mol. The first-order valence-electron chi connectivity index (χ1n) is 7.83. The number of anilines is 1.